The van der Waals surface area contributed by atoms with Gasteiger partial charge in [0, 0.05) is 18.9 Å². The van der Waals surface area contributed by atoms with Crippen molar-refractivity contribution in [3.05, 3.63) is 0 Å². The van der Waals surface area contributed by atoms with E-state index in [2.05, 4.69) is 5.32 Å². The summed E-state index contributed by atoms with van der Waals surface area (Å²) in [5.41, 5.74) is 10.6. The van der Waals surface area contributed by atoms with Crippen LogP contribution in [0.15, 0.2) is 0 Å². The molecule has 0 rings (SSSR count). The van der Waals surface area contributed by atoms with Crippen molar-refractivity contribution in [3.8, 4) is 0 Å². The number of hydrogen-bond donors (Lipinski definition) is 4. The Morgan fingerprint density at radius 3 is 2.22 bits per heavy atom. The van der Waals surface area contributed by atoms with Gasteiger partial charge in [-0.1, -0.05) is 13.8 Å². The Hall–Kier alpha value is -1.63. The average Bonchev–Trinajstić information content (AvgIpc) is 2.23. The number of carboxylic acids is 1. The Balaban J connectivity index is 4.28. The molecule has 104 valence electrons. The van der Waals surface area contributed by atoms with Gasteiger partial charge in [0.25, 0.3) is 0 Å². The molecule has 1 unspecified atom stereocenters. The van der Waals surface area contributed by atoms with Crippen molar-refractivity contribution in [1.82, 2.24) is 5.32 Å². The SMILES string of the molecule is CC(C)C(N)CC(=O)N[C@@H](CCC(N)=O)C(=O)O. The van der Waals surface area contributed by atoms with Crippen molar-refractivity contribution in [1.29, 1.82) is 0 Å². The first-order valence-corrected chi connectivity index (χ1v) is 5.80. The largest absolute Gasteiger partial charge is 0.480 e. The van der Waals surface area contributed by atoms with Crippen LogP contribution in [0.3, 0.4) is 0 Å². The van der Waals surface area contributed by atoms with Crippen molar-refractivity contribution < 1.29 is 19.5 Å². The van der Waals surface area contributed by atoms with Crippen LogP contribution in [0.5, 0.6) is 0 Å². The van der Waals surface area contributed by atoms with Gasteiger partial charge in [-0.15, -0.1) is 0 Å². The third-order valence-electron chi connectivity index (χ3n) is 2.59. The lowest BCUT2D eigenvalue weighted by Crippen LogP contribution is -2.44. The van der Waals surface area contributed by atoms with E-state index in [9.17, 15) is 14.4 Å². The molecule has 0 aromatic carbocycles. The third-order valence-corrected chi connectivity index (χ3v) is 2.59. The lowest BCUT2D eigenvalue weighted by Gasteiger charge is -2.18. The lowest BCUT2D eigenvalue weighted by atomic mass is 10.0. The molecule has 0 spiro atoms. The molecule has 0 saturated heterocycles. The number of amides is 2. The van der Waals surface area contributed by atoms with Gasteiger partial charge >= 0.3 is 5.97 Å². The monoisotopic (exact) mass is 259 g/mol. The van der Waals surface area contributed by atoms with E-state index in [1.54, 1.807) is 0 Å². The maximum absolute atomic E-state index is 11.5. The van der Waals surface area contributed by atoms with Gasteiger partial charge in [0.15, 0.2) is 0 Å². The van der Waals surface area contributed by atoms with E-state index in [-0.39, 0.29) is 31.2 Å². The first kappa shape index (κ1) is 16.4. The minimum atomic E-state index is -1.19. The van der Waals surface area contributed by atoms with Crippen molar-refractivity contribution in [2.24, 2.45) is 17.4 Å². The number of carbonyl (C=O) groups is 3. The average molecular weight is 259 g/mol. The second-order valence-electron chi connectivity index (χ2n) is 4.58. The van der Waals surface area contributed by atoms with Crippen LogP contribution in [0.2, 0.25) is 0 Å². The molecule has 2 atom stereocenters. The molecule has 0 aromatic rings. The Bertz CT molecular complexity index is 317. The van der Waals surface area contributed by atoms with E-state index >= 15 is 0 Å². The first-order valence-electron chi connectivity index (χ1n) is 5.80. The summed E-state index contributed by atoms with van der Waals surface area (Å²) in [5, 5.41) is 11.2. The van der Waals surface area contributed by atoms with Gasteiger partial charge in [-0.3, -0.25) is 9.59 Å². The molecule has 0 heterocycles. The van der Waals surface area contributed by atoms with Crippen LogP contribution in [0, 0.1) is 5.92 Å². The number of nitrogens with two attached hydrogens (primary N) is 2. The summed E-state index contributed by atoms with van der Waals surface area (Å²) < 4.78 is 0. The summed E-state index contributed by atoms with van der Waals surface area (Å²) >= 11 is 0. The van der Waals surface area contributed by atoms with Crippen LogP contribution in [-0.4, -0.2) is 35.0 Å². The van der Waals surface area contributed by atoms with Crippen LogP contribution in [0.4, 0.5) is 0 Å². The van der Waals surface area contributed by atoms with Gasteiger partial charge in [-0.05, 0) is 12.3 Å². The summed E-state index contributed by atoms with van der Waals surface area (Å²) in [7, 11) is 0. The van der Waals surface area contributed by atoms with Crippen LogP contribution >= 0.6 is 0 Å². The Labute approximate surface area is 106 Å². The molecule has 2 amide bonds. The molecular weight excluding hydrogens is 238 g/mol. The normalized spacial score (nSPS) is 14.0. The molecule has 7 heteroatoms. The fourth-order valence-electron chi connectivity index (χ4n) is 1.25. The van der Waals surface area contributed by atoms with Gasteiger partial charge in [-0.2, -0.15) is 0 Å². The van der Waals surface area contributed by atoms with E-state index in [4.69, 9.17) is 16.6 Å². The van der Waals surface area contributed by atoms with Crippen molar-refractivity contribution in [2.45, 2.75) is 45.2 Å². The molecule has 0 aliphatic heterocycles. The predicted octanol–water partition coefficient (Wildman–Crippen LogP) is -0.805. The highest BCUT2D eigenvalue weighted by atomic mass is 16.4. The highest BCUT2D eigenvalue weighted by Crippen LogP contribution is 2.04. The molecular formula is C11H21N3O4. The summed E-state index contributed by atoms with van der Waals surface area (Å²) in [6.45, 7) is 3.75. The number of hydrogen-bond acceptors (Lipinski definition) is 4. The third kappa shape index (κ3) is 6.85. The molecule has 6 N–H and O–H groups in total. The molecule has 18 heavy (non-hydrogen) atoms. The number of aliphatic carboxylic acids is 1. The molecule has 0 aliphatic carbocycles. The van der Waals surface area contributed by atoms with Gasteiger partial charge in [-0.25, -0.2) is 4.79 Å². The fourth-order valence-corrected chi connectivity index (χ4v) is 1.25. The summed E-state index contributed by atoms with van der Waals surface area (Å²) in [6.07, 6.45) is -0.0567. The van der Waals surface area contributed by atoms with Crippen LogP contribution in [0.25, 0.3) is 0 Å². The van der Waals surface area contributed by atoms with Crippen LogP contribution < -0.4 is 16.8 Å². The number of carbonyl (C=O) groups excluding carboxylic acids is 2. The second kappa shape index (κ2) is 7.65. The number of carboxylic acid groups (broad SMARTS) is 1. The number of rotatable bonds is 8. The number of nitrogens with one attached hydrogen (secondary N) is 1. The fraction of sp³-hybridized carbons (Fsp3) is 0.727. The molecule has 0 saturated carbocycles. The summed E-state index contributed by atoms with van der Waals surface area (Å²) in [6, 6.07) is -1.43. The van der Waals surface area contributed by atoms with E-state index in [1.165, 1.54) is 0 Å². The predicted molar refractivity (Wildman–Crippen MR) is 65.4 cm³/mol. The zero-order valence-corrected chi connectivity index (χ0v) is 10.7. The quantitative estimate of drug-likeness (QED) is 0.452. The topological polar surface area (TPSA) is 136 Å². The Morgan fingerprint density at radius 1 is 1.28 bits per heavy atom. The molecule has 0 fully saturated rings. The Kier molecular flexibility index (Phi) is 6.96. The van der Waals surface area contributed by atoms with Crippen molar-refractivity contribution in [2.75, 3.05) is 0 Å². The maximum Gasteiger partial charge on any atom is 0.326 e. The molecule has 0 aromatic heterocycles. The highest BCUT2D eigenvalue weighted by molar-refractivity contribution is 5.84. The van der Waals surface area contributed by atoms with E-state index in [1.807, 2.05) is 13.8 Å². The summed E-state index contributed by atoms with van der Waals surface area (Å²) in [5.74, 6) is -2.10. The van der Waals surface area contributed by atoms with Gasteiger partial charge < -0.3 is 21.9 Å². The van der Waals surface area contributed by atoms with Crippen LogP contribution in [-0.2, 0) is 14.4 Å². The molecule has 0 aliphatic rings. The molecule has 0 radical (unpaired) electrons. The number of primary amides is 1. The highest BCUT2D eigenvalue weighted by Gasteiger charge is 2.22. The first-order chi connectivity index (χ1) is 8.23. The van der Waals surface area contributed by atoms with Crippen molar-refractivity contribution >= 4 is 17.8 Å². The lowest BCUT2D eigenvalue weighted by molar-refractivity contribution is -0.142. The second-order valence-corrected chi connectivity index (χ2v) is 4.58. The van der Waals surface area contributed by atoms with E-state index < -0.39 is 23.8 Å². The Morgan fingerprint density at radius 2 is 1.83 bits per heavy atom. The molecule has 0 bridgehead atoms. The van der Waals surface area contributed by atoms with Gasteiger partial charge in [0.05, 0.1) is 0 Å². The zero-order valence-electron chi connectivity index (χ0n) is 10.7. The van der Waals surface area contributed by atoms with Gasteiger partial charge in [0.1, 0.15) is 6.04 Å². The van der Waals surface area contributed by atoms with Crippen LogP contribution in [0.1, 0.15) is 33.1 Å². The minimum Gasteiger partial charge on any atom is -0.480 e. The maximum atomic E-state index is 11.5. The molecule has 7 nitrogen and oxygen atoms in total. The van der Waals surface area contributed by atoms with E-state index in [0.29, 0.717) is 0 Å². The van der Waals surface area contributed by atoms with E-state index in [0.717, 1.165) is 0 Å². The zero-order chi connectivity index (χ0) is 14.3. The minimum absolute atomic E-state index is 0.0205. The van der Waals surface area contributed by atoms with Gasteiger partial charge in [0.2, 0.25) is 11.8 Å². The van der Waals surface area contributed by atoms with Crippen molar-refractivity contribution in [3.63, 3.8) is 0 Å². The standard InChI is InChI=1S/C11H21N3O4/c1-6(2)7(12)5-10(16)14-8(11(17)18)3-4-9(13)15/h6-8H,3-5,12H2,1-2H3,(H2,13,15)(H,14,16)(H,17,18)/t7?,8-/m0/s1. The summed E-state index contributed by atoms with van der Waals surface area (Å²) in [4.78, 5) is 33.0. The smallest absolute Gasteiger partial charge is 0.326 e.